The lowest BCUT2D eigenvalue weighted by molar-refractivity contribution is 0.145. The van der Waals surface area contributed by atoms with Crippen LogP contribution in [-0.2, 0) is 11.2 Å². The first kappa shape index (κ1) is 14.1. The highest BCUT2D eigenvalue weighted by Gasteiger charge is 2.07. The quantitative estimate of drug-likeness (QED) is 0.730. The van der Waals surface area contributed by atoms with E-state index in [1.54, 1.807) is 7.11 Å². The Morgan fingerprint density at radius 1 is 1.35 bits per heavy atom. The van der Waals surface area contributed by atoms with Crippen LogP contribution < -0.4 is 5.73 Å². The van der Waals surface area contributed by atoms with Gasteiger partial charge in [-0.05, 0) is 31.0 Å². The van der Waals surface area contributed by atoms with Crippen molar-refractivity contribution < 1.29 is 4.74 Å². The van der Waals surface area contributed by atoms with Crippen LogP contribution in [0.15, 0.2) is 24.5 Å². The molecular weight excluding hydrogens is 214 g/mol. The molecule has 0 fully saturated rings. The molecule has 1 atom stereocenters. The molecule has 0 bridgehead atoms. The third-order valence-electron chi connectivity index (χ3n) is 2.62. The molecule has 96 valence electrons. The maximum absolute atomic E-state index is 5.84. The van der Waals surface area contributed by atoms with Gasteiger partial charge in [-0.2, -0.15) is 0 Å². The molecule has 1 rings (SSSR count). The highest BCUT2D eigenvalue weighted by Crippen LogP contribution is 2.00. The fourth-order valence-electron chi connectivity index (χ4n) is 1.76. The number of hydrogen-bond donors (Lipinski definition) is 1. The van der Waals surface area contributed by atoms with Gasteiger partial charge in [-0.15, -0.1) is 0 Å². The minimum atomic E-state index is 0.198. The first-order chi connectivity index (χ1) is 8.22. The Balaban J connectivity index is 2.37. The Morgan fingerprint density at radius 2 is 2.06 bits per heavy atom. The Bertz CT molecular complexity index is 290. The van der Waals surface area contributed by atoms with E-state index in [-0.39, 0.29) is 6.04 Å². The minimum Gasteiger partial charge on any atom is -0.383 e. The number of pyridine rings is 1. The molecule has 0 saturated heterocycles. The van der Waals surface area contributed by atoms with Crippen LogP contribution in [-0.4, -0.2) is 49.3 Å². The molecule has 0 aliphatic rings. The zero-order valence-electron chi connectivity index (χ0n) is 10.8. The summed E-state index contributed by atoms with van der Waals surface area (Å²) < 4.78 is 5.11. The molecule has 4 nitrogen and oxygen atoms in total. The van der Waals surface area contributed by atoms with Crippen molar-refractivity contribution in [1.82, 2.24) is 9.88 Å². The van der Waals surface area contributed by atoms with Crippen molar-refractivity contribution in [3.63, 3.8) is 0 Å². The Morgan fingerprint density at radius 3 is 2.65 bits per heavy atom. The average molecular weight is 237 g/mol. The van der Waals surface area contributed by atoms with E-state index >= 15 is 0 Å². The lowest BCUT2D eigenvalue weighted by Gasteiger charge is -2.23. The van der Waals surface area contributed by atoms with Crippen molar-refractivity contribution in [2.24, 2.45) is 5.73 Å². The molecule has 1 unspecified atom stereocenters. The van der Waals surface area contributed by atoms with E-state index in [1.165, 1.54) is 5.56 Å². The van der Waals surface area contributed by atoms with Gasteiger partial charge in [0.15, 0.2) is 0 Å². The lowest BCUT2D eigenvalue weighted by Crippen LogP contribution is -2.38. The van der Waals surface area contributed by atoms with Crippen LogP contribution in [0.1, 0.15) is 12.5 Å². The number of aromatic nitrogens is 1. The molecule has 0 aliphatic heterocycles. The van der Waals surface area contributed by atoms with Crippen LogP contribution >= 0.6 is 0 Å². The second-order valence-electron chi connectivity index (χ2n) is 4.38. The normalized spacial score (nSPS) is 12.9. The van der Waals surface area contributed by atoms with E-state index in [0.717, 1.165) is 32.7 Å². The van der Waals surface area contributed by atoms with E-state index in [0.29, 0.717) is 0 Å². The van der Waals surface area contributed by atoms with Gasteiger partial charge in [-0.3, -0.25) is 9.88 Å². The summed E-state index contributed by atoms with van der Waals surface area (Å²) in [4.78, 5) is 6.36. The molecule has 1 aromatic heterocycles. The van der Waals surface area contributed by atoms with E-state index in [2.05, 4.69) is 22.0 Å². The molecule has 0 radical (unpaired) electrons. The topological polar surface area (TPSA) is 51.4 Å². The molecule has 0 aromatic carbocycles. The van der Waals surface area contributed by atoms with Gasteiger partial charge < -0.3 is 10.5 Å². The van der Waals surface area contributed by atoms with Crippen LogP contribution in [0.5, 0.6) is 0 Å². The van der Waals surface area contributed by atoms with Gasteiger partial charge in [0.2, 0.25) is 0 Å². The number of hydrogen-bond acceptors (Lipinski definition) is 4. The average Bonchev–Trinajstić information content (AvgIpc) is 2.33. The second-order valence-corrected chi connectivity index (χ2v) is 4.38. The highest BCUT2D eigenvalue weighted by molar-refractivity contribution is 5.09. The third-order valence-corrected chi connectivity index (χ3v) is 2.62. The second kappa shape index (κ2) is 8.17. The molecule has 4 heteroatoms. The van der Waals surface area contributed by atoms with E-state index in [9.17, 15) is 0 Å². The monoisotopic (exact) mass is 237 g/mol. The van der Waals surface area contributed by atoms with Crippen molar-refractivity contribution in [2.75, 3.05) is 33.4 Å². The summed E-state index contributed by atoms with van der Waals surface area (Å²) in [5.74, 6) is 0. The number of ether oxygens (including phenoxy) is 1. The predicted octanol–water partition coefficient (Wildman–Crippen LogP) is 0.920. The van der Waals surface area contributed by atoms with Crippen molar-refractivity contribution in [2.45, 2.75) is 19.4 Å². The van der Waals surface area contributed by atoms with Crippen molar-refractivity contribution in [3.8, 4) is 0 Å². The zero-order chi connectivity index (χ0) is 12.5. The predicted molar refractivity (Wildman–Crippen MR) is 69.9 cm³/mol. The molecule has 17 heavy (non-hydrogen) atoms. The van der Waals surface area contributed by atoms with Crippen molar-refractivity contribution in [1.29, 1.82) is 0 Å². The molecule has 0 saturated carbocycles. The summed E-state index contributed by atoms with van der Waals surface area (Å²) in [6.07, 6.45) is 4.69. The molecule has 0 amide bonds. The summed E-state index contributed by atoms with van der Waals surface area (Å²) in [5, 5.41) is 0. The molecule has 1 heterocycles. The van der Waals surface area contributed by atoms with Crippen LogP contribution in [0.4, 0.5) is 0 Å². The van der Waals surface area contributed by atoms with E-state index in [4.69, 9.17) is 10.5 Å². The molecular formula is C13H23N3O. The Hall–Kier alpha value is -0.970. The van der Waals surface area contributed by atoms with Gasteiger partial charge in [-0.25, -0.2) is 0 Å². The van der Waals surface area contributed by atoms with E-state index < -0.39 is 0 Å². The number of methoxy groups -OCH3 is 1. The fourth-order valence-corrected chi connectivity index (χ4v) is 1.76. The first-order valence-electron chi connectivity index (χ1n) is 6.08. The van der Waals surface area contributed by atoms with Crippen LogP contribution in [0.25, 0.3) is 0 Å². The zero-order valence-corrected chi connectivity index (χ0v) is 10.8. The smallest absolute Gasteiger partial charge is 0.0589 e. The maximum atomic E-state index is 5.84. The standard InChI is InChI=1S/C13H23N3O/c1-12(14)11-16(9-10-17-2)8-5-13-3-6-15-7-4-13/h3-4,6-7,12H,5,8-11,14H2,1-2H3. The van der Waals surface area contributed by atoms with Crippen molar-refractivity contribution in [3.05, 3.63) is 30.1 Å². The highest BCUT2D eigenvalue weighted by atomic mass is 16.5. The van der Waals surface area contributed by atoms with Crippen molar-refractivity contribution >= 4 is 0 Å². The van der Waals surface area contributed by atoms with Gasteiger partial charge in [0.25, 0.3) is 0 Å². The van der Waals surface area contributed by atoms with Gasteiger partial charge in [0.1, 0.15) is 0 Å². The van der Waals surface area contributed by atoms with Crippen LogP contribution in [0, 0.1) is 0 Å². The molecule has 2 N–H and O–H groups in total. The lowest BCUT2D eigenvalue weighted by atomic mass is 10.2. The molecule has 0 spiro atoms. The number of nitrogens with two attached hydrogens (primary N) is 1. The number of rotatable bonds is 8. The summed E-state index contributed by atoms with van der Waals surface area (Å²) in [6, 6.07) is 4.31. The third kappa shape index (κ3) is 6.36. The molecule has 0 aliphatic carbocycles. The van der Waals surface area contributed by atoms with Crippen LogP contribution in [0.2, 0.25) is 0 Å². The SMILES string of the molecule is COCCN(CCc1ccncc1)CC(C)N. The summed E-state index contributed by atoms with van der Waals surface area (Å²) >= 11 is 0. The molecule has 1 aromatic rings. The van der Waals surface area contributed by atoms with Gasteiger partial charge in [0.05, 0.1) is 6.61 Å². The first-order valence-corrected chi connectivity index (χ1v) is 6.08. The summed E-state index contributed by atoms with van der Waals surface area (Å²) in [6.45, 7) is 5.64. The Labute approximate surface area is 104 Å². The summed E-state index contributed by atoms with van der Waals surface area (Å²) in [7, 11) is 1.73. The van der Waals surface area contributed by atoms with Gasteiger partial charge in [-0.1, -0.05) is 0 Å². The minimum absolute atomic E-state index is 0.198. The van der Waals surface area contributed by atoms with Gasteiger partial charge in [0, 0.05) is 45.2 Å². The number of nitrogens with zero attached hydrogens (tertiary/aromatic N) is 2. The van der Waals surface area contributed by atoms with Gasteiger partial charge >= 0.3 is 0 Å². The fraction of sp³-hybridized carbons (Fsp3) is 0.615. The van der Waals surface area contributed by atoms with Crippen LogP contribution in [0.3, 0.4) is 0 Å². The van der Waals surface area contributed by atoms with E-state index in [1.807, 2.05) is 19.3 Å². The Kier molecular flexibility index (Phi) is 6.77. The maximum Gasteiger partial charge on any atom is 0.0589 e. The summed E-state index contributed by atoms with van der Waals surface area (Å²) in [5.41, 5.74) is 7.15. The largest absolute Gasteiger partial charge is 0.383 e.